The number of hydrogen-bond donors (Lipinski definition) is 3. The Kier molecular flexibility index (Phi) is 12.1. The number of ether oxygens (including phenoxy) is 4. The molecule has 244 valence electrons. The van der Waals surface area contributed by atoms with Crippen molar-refractivity contribution in [2.75, 3.05) is 44.8 Å². The Balaban J connectivity index is 1.54. The second-order valence-corrected chi connectivity index (χ2v) is 11.4. The van der Waals surface area contributed by atoms with Crippen molar-refractivity contribution in [2.24, 2.45) is 0 Å². The number of anilines is 2. The predicted molar refractivity (Wildman–Crippen MR) is 185 cm³/mol. The Labute approximate surface area is 282 Å². The second-order valence-electron chi connectivity index (χ2n) is 9.95. The molecule has 47 heavy (non-hydrogen) atoms. The van der Waals surface area contributed by atoms with E-state index in [9.17, 15) is 14.4 Å². The molecule has 0 spiro atoms. The lowest BCUT2D eigenvalue weighted by atomic mass is 10.1. The van der Waals surface area contributed by atoms with Crippen LogP contribution in [0.5, 0.6) is 23.0 Å². The van der Waals surface area contributed by atoms with Gasteiger partial charge in [-0.1, -0.05) is 35.9 Å². The van der Waals surface area contributed by atoms with Gasteiger partial charge in [-0.25, -0.2) is 0 Å². The molecule has 0 heterocycles. The van der Waals surface area contributed by atoms with E-state index in [1.54, 1.807) is 72.8 Å². The first-order valence-electron chi connectivity index (χ1n) is 14.2. The number of thioether (sulfide) groups is 1. The van der Waals surface area contributed by atoms with E-state index in [1.807, 2.05) is 13.0 Å². The minimum Gasteiger partial charge on any atom is -0.496 e. The summed E-state index contributed by atoms with van der Waals surface area (Å²) in [6, 6.07) is 22.2. The van der Waals surface area contributed by atoms with E-state index in [1.165, 1.54) is 46.3 Å². The fourth-order valence-corrected chi connectivity index (χ4v) is 5.30. The third kappa shape index (κ3) is 9.21. The molecule has 0 radical (unpaired) electrons. The first kappa shape index (κ1) is 34.7. The number of amides is 3. The molecule has 10 nitrogen and oxygen atoms in total. The number of hydrogen-bond acceptors (Lipinski definition) is 8. The van der Waals surface area contributed by atoms with Gasteiger partial charge < -0.3 is 34.9 Å². The number of halogens is 1. The van der Waals surface area contributed by atoms with Crippen LogP contribution in [0, 0.1) is 6.92 Å². The molecule has 0 atom stereocenters. The van der Waals surface area contributed by atoms with Gasteiger partial charge in [0.1, 0.15) is 17.2 Å². The van der Waals surface area contributed by atoms with E-state index < -0.39 is 11.8 Å². The van der Waals surface area contributed by atoms with Gasteiger partial charge in [-0.05, 0) is 61.0 Å². The molecule has 4 aromatic carbocycles. The van der Waals surface area contributed by atoms with E-state index in [4.69, 9.17) is 30.5 Å². The molecule has 0 unspecified atom stereocenters. The minimum atomic E-state index is -0.587. The van der Waals surface area contributed by atoms with Gasteiger partial charge in [-0.3, -0.25) is 14.4 Å². The summed E-state index contributed by atoms with van der Waals surface area (Å²) in [5, 5.41) is 8.95. The number of methoxy groups -OCH3 is 4. The van der Waals surface area contributed by atoms with Gasteiger partial charge in [-0.15, -0.1) is 11.8 Å². The van der Waals surface area contributed by atoms with Crippen molar-refractivity contribution < 1.29 is 33.3 Å². The van der Waals surface area contributed by atoms with Gasteiger partial charge in [0.25, 0.3) is 11.8 Å². The average Bonchev–Trinajstić information content (AvgIpc) is 3.08. The number of rotatable bonds is 13. The second kappa shape index (κ2) is 16.4. The van der Waals surface area contributed by atoms with Crippen LogP contribution < -0.4 is 34.9 Å². The summed E-state index contributed by atoms with van der Waals surface area (Å²) in [6.07, 6.45) is 1.49. The SMILES string of the molecule is COc1cc(OC)c(OC)cc1/C=C(/NC(=O)c1ccccc1)C(=O)Nc1cccc(SCC(=O)Nc2cc(C)c(Cl)cc2OC)c1. The molecule has 0 aliphatic carbocycles. The van der Waals surface area contributed by atoms with Gasteiger partial charge in [-0.2, -0.15) is 0 Å². The molecule has 0 bridgehead atoms. The van der Waals surface area contributed by atoms with Crippen molar-refractivity contribution >= 4 is 58.5 Å². The Hall–Kier alpha value is -5.13. The van der Waals surface area contributed by atoms with Crippen molar-refractivity contribution in [1.29, 1.82) is 0 Å². The molecule has 4 aromatic rings. The van der Waals surface area contributed by atoms with Crippen LogP contribution in [0.3, 0.4) is 0 Å². The third-order valence-corrected chi connectivity index (χ3v) is 8.18. The van der Waals surface area contributed by atoms with Crippen molar-refractivity contribution in [3.63, 3.8) is 0 Å². The maximum atomic E-state index is 13.7. The summed E-state index contributed by atoms with van der Waals surface area (Å²) in [6.45, 7) is 1.84. The maximum absolute atomic E-state index is 13.7. The summed E-state index contributed by atoms with van der Waals surface area (Å²) in [5.41, 5.74) is 2.56. The van der Waals surface area contributed by atoms with Crippen LogP contribution in [-0.4, -0.2) is 51.9 Å². The van der Waals surface area contributed by atoms with E-state index >= 15 is 0 Å². The van der Waals surface area contributed by atoms with Crippen LogP contribution in [0.1, 0.15) is 21.5 Å². The molecule has 0 aliphatic rings. The first-order valence-corrected chi connectivity index (χ1v) is 15.6. The number of carbonyl (C=O) groups is 3. The molecule has 12 heteroatoms. The van der Waals surface area contributed by atoms with Crippen LogP contribution in [0.15, 0.2) is 89.5 Å². The van der Waals surface area contributed by atoms with Crippen LogP contribution in [0.4, 0.5) is 11.4 Å². The smallest absolute Gasteiger partial charge is 0.272 e. The third-order valence-electron chi connectivity index (χ3n) is 6.78. The lowest BCUT2D eigenvalue weighted by Crippen LogP contribution is -2.30. The highest BCUT2D eigenvalue weighted by molar-refractivity contribution is 8.00. The molecular formula is C35H34ClN3O7S. The highest BCUT2D eigenvalue weighted by atomic mass is 35.5. The van der Waals surface area contributed by atoms with Gasteiger partial charge >= 0.3 is 0 Å². The summed E-state index contributed by atoms with van der Waals surface area (Å²) < 4.78 is 21.7. The van der Waals surface area contributed by atoms with E-state index in [2.05, 4.69) is 16.0 Å². The quantitative estimate of drug-likeness (QED) is 0.104. The molecular weight excluding hydrogens is 642 g/mol. The van der Waals surface area contributed by atoms with Gasteiger partial charge in [0.15, 0.2) is 11.5 Å². The molecule has 0 aromatic heterocycles. The summed E-state index contributed by atoms with van der Waals surface area (Å²) >= 11 is 7.46. The average molecular weight is 676 g/mol. The molecule has 0 saturated heterocycles. The first-order chi connectivity index (χ1) is 22.6. The molecule has 0 saturated carbocycles. The summed E-state index contributed by atoms with van der Waals surface area (Å²) in [4.78, 5) is 40.3. The van der Waals surface area contributed by atoms with Gasteiger partial charge in [0.05, 0.1) is 39.9 Å². The Morgan fingerprint density at radius 3 is 2.13 bits per heavy atom. The molecule has 3 N–H and O–H groups in total. The van der Waals surface area contributed by atoms with E-state index in [0.717, 1.165) is 10.5 Å². The summed E-state index contributed by atoms with van der Waals surface area (Å²) in [5.74, 6) is 0.480. The van der Waals surface area contributed by atoms with Crippen molar-refractivity contribution in [3.8, 4) is 23.0 Å². The van der Waals surface area contributed by atoms with Crippen LogP contribution in [0.25, 0.3) is 6.08 Å². The van der Waals surface area contributed by atoms with Crippen molar-refractivity contribution in [1.82, 2.24) is 5.32 Å². The van der Waals surface area contributed by atoms with Gasteiger partial charge in [0.2, 0.25) is 5.91 Å². The van der Waals surface area contributed by atoms with Crippen LogP contribution >= 0.6 is 23.4 Å². The fourth-order valence-electron chi connectivity index (χ4n) is 4.39. The lowest BCUT2D eigenvalue weighted by molar-refractivity contribution is -0.114. The lowest BCUT2D eigenvalue weighted by Gasteiger charge is -2.15. The van der Waals surface area contributed by atoms with Crippen molar-refractivity contribution in [2.45, 2.75) is 11.8 Å². The zero-order valence-corrected chi connectivity index (χ0v) is 28.0. The van der Waals surface area contributed by atoms with Crippen LogP contribution in [-0.2, 0) is 9.59 Å². The normalized spacial score (nSPS) is 10.9. The molecule has 3 amide bonds. The fraction of sp³-hybridized carbons (Fsp3) is 0.171. The highest BCUT2D eigenvalue weighted by Crippen LogP contribution is 2.36. The standard InChI is InChI=1S/C35H34ClN3O7S/c1-21-14-27(30(44-3)18-26(21)36)38-33(40)20-47-25-13-9-12-24(17-25)37-35(42)28(39-34(41)22-10-7-6-8-11-22)15-23-16-31(45-4)32(46-5)19-29(23)43-2/h6-19H,20H2,1-5H3,(H,37,42)(H,38,40)(H,39,41)/b28-15+. The maximum Gasteiger partial charge on any atom is 0.272 e. The van der Waals surface area contributed by atoms with E-state index in [-0.39, 0.29) is 17.4 Å². The van der Waals surface area contributed by atoms with E-state index in [0.29, 0.717) is 50.5 Å². The van der Waals surface area contributed by atoms with Crippen molar-refractivity contribution in [3.05, 3.63) is 106 Å². The number of aryl methyl sites for hydroxylation is 1. The highest BCUT2D eigenvalue weighted by Gasteiger charge is 2.18. The number of nitrogens with one attached hydrogen (secondary N) is 3. The zero-order valence-electron chi connectivity index (χ0n) is 26.4. The number of benzene rings is 4. The van der Waals surface area contributed by atoms with Crippen LogP contribution in [0.2, 0.25) is 5.02 Å². The molecule has 4 rings (SSSR count). The summed E-state index contributed by atoms with van der Waals surface area (Å²) in [7, 11) is 5.98. The zero-order chi connectivity index (χ0) is 33.9. The topological polar surface area (TPSA) is 124 Å². The predicted octanol–water partition coefficient (Wildman–Crippen LogP) is 6.82. The Morgan fingerprint density at radius 1 is 0.766 bits per heavy atom. The largest absolute Gasteiger partial charge is 0.496 e. The Morgan fingerprint density at radius 2 is 1.45 bits per heavy atom. The number of carbonyl (C=O) groups excluding carboxylic acids is 3. The van der Waals surface area contributed by atoms with Gasteiger partial charge in [0, 0.05) is 38.9 Å². The molecule has 0 fully saturated rings. The Bertz CT molecular complexity index is 1800. The minimum absolute atomic E-state index is 0.0472. The molecule has 0 aliphatic heterocycles. The monoisotopic (exact) mass is 675 g/mol.